The third kappa shape index (κ3) is 4.01. The summed E-state index contributed by atoms with van der Waals surface area (Å²) in [5, 5.41) is 11.2. The average Bonchev–Trinajstić information content (AvgIpc) is 3.28. The first-order chi connectivity index (χ1) is 14.1. The van der Waals surface area contributed by atoms with Crippen LogP contribution in [-0.4, -0.2) is 44.8 Å². The summed E-state index contributed by atoms with van der Waals surface area (Å²) >= 11 is 0. The normalized spacial score (nSPS) is 13.6. The Morgan fingerprint density at radius 3 is 2.55 bits per heavy atom. The molecule has 3 aromatic rings. The number of nitrogens with zero attached hydrogens (tertiary/aromatic N) is 4. The monoisotopic (exact) mass is 391 g/mol. The maximum absolute atomic E-state index is 12.7. The molecule has 1 aliphatic rings. The molecule has 1 saturated heterocycles. The van der Waals surface area contributed by atoms with Crippen LogP contribution in [0.15, 0.2) is 53.3 Å². The number of carbonyl (C=O) groups excluding carboxylic acids is 2. The van der Waals surface area contributed by atoms with E-state index in [-0.39, 0.29) is 30.3 Å². The molecule has 8 heteroatoms. The van der Waals surface area contributed by atoms with Gasteiger partial charge in [-0.3, -0.25) is 14.4 Å². The fraction of sp³-hybridized carbons (Fsp3) is 0.286. The van der Waals surface area contributed by atoms with Crippen molar-refractivity contribution < 1.29 is 9.59 Å². The highest BCUT2D eigenvalue weighted by Crippen LogP contribution is 2.20. The number of hydrogen-bond donors (Lipinski definition) is 1. The van der Waals surface area contributed by atoms with E-state index in [9.17, 15) is 14.4 Å². The summed E-state index contributed by atoms with van der Waals surface area (Å²) in [6, 6.07) is 13.9. The second-order valence-electron chi connectivity index (χ2n) is 6.98. The van der Waals surface area contributed by atoms with E-state index in [4.69, 9.17) is 0 Å². The topological polar surface area (TPSA) is 97.2 Å². The van der Waals surface area contributed by atoms with Crippen molar-refractivity contribution in [3.8, 4) is 0 Å². The Labute approximate surface area is 167 Å². The first-order valence-corrected chi connectivity index (χ1v) is 9.64. The first-order valence-electron chi connectivity index (χ1n) is 9.64. The number of anilines is 1. The number of nitrogens with one attached hydrogen (secondary N) is 1. The molecule has 4 rings (SSSR count). The lowest BCUT2D eigenvalue weighted by Crippen LogP contribution is -2.29. The van der Waals surface area contributed by atoms with Gasteiger partial charge < -0.3 is 10.2 Å². The van der Waals surface area contributed by atoms with E-state index in [1.54, 1.807) is 53.4 Å². The standard InChI is InChI=1S/C21H21N5O3/c27-19(11-14-26-21(29)16-8-2-4-10-18(16)23-24-26)22-17-9-3-1-7-15(17)20(28)25-12-5-6-13-25/h1-4,7-10H,5-6,11-14H2,(H,22,27). The van der Waals surface area contributed by atoms with Crippen LogP contribution in [0.5, 0.6) is 0 Å². The summed E-state index contributed by atoms with van der Waals surface area (Å²) in [6.07, 6.45) is 2.04. The van der Waals surface area contributed by atoms with Crippen LogP contribution in [0.1, 0.15) is 29.6 Å². The van der Waals surface area contributed by atoms with Gasteiger partial charge in [0.25, 0.3) is 11.5 Å². The van der Waals surface area contributed by atoms with Gasteiger partial charge in [-0.15, -0.1) is 5.10 Å². The molecule has 148 valence electrons. The molecule has 0 saturated carbocycles. The zero-order valence-corrected chi connectivity index (χ0v) is 15.9. The van der Waals surface area contributed by atoms with Crippen molar-refractivity contribution in [3.63, 3.8) is 0 Å². The average molecular weight is 391 g/mol. The number of aryl methyl sites for hydroxylation is 1. The highest BCUT2D eigenvalue weighted by Gasteiger charge is 2.22. The van der Waals surface area contributed by atoms with Gasteiger partial charge in [0.05, 0.1) is 23.2 Å². The summed E-state index contributed by atoms with van der Waals surface area (Å²) in [6.45, 7) is 1.58. The Bertz CT molecular complexity index is 1120. The van der Waals surface area contributed by atoms with Crippen LogP contribution in [0.3, 0.4) is 0 Å². The SMILES string of the molecule is O=C(CCn1nnc2ccccc2c1=O)Nc1ccccc1C(=O)N1CCCC1. The maximum atomic E-state index is 12.7. The van der Waals surface area contributed by atoms with Gasteiger partial charge in [0.2, 0.25) is 5.91 Å². The third-order valence-electron chi connectivity index (χ3n) is 5.00. The molecule has 1 aliphatic heterocycles. The zero-order valence-electron chi connectivity index (χ0n) is 15.9. The van der Waals surface area contributed by atoms with E-state index in [2.05, 4.69) is 15.6 Å². The van der Waals surface area contributed by atoms with Crippen LogP contribution < -0.4 is 10.9 Å². The van der Waals surface area contributed by atoms with Crippen molar-refractivity contribution in [2.75, 3.05) is 18.4 Å². The number of likely N-dealkylation sites (tertiary alicyclic amines) is 1. The number of fused-ring (bicyclic) bond motifs is 1. The van der Waals surface area contributed by atoms with Crippen LogP contribution in [0.25, 0.3) is 10.9 Å². The third-order valence-corrected chi connectivity index (χ3v) is 5.00. The molecule has 0 unspecified atom stereocenters. The van der Waals surface area contributed by atoms with Crippen LogP contribution in [-0.2, 0) is 11.3 Å². The summed E-state index contributed by atoms with van der Waals surface area (Å²) in [4.78, 5) is 39.4. The van der Waals surface area contributed by atoms with Crippen LogP contribution in [0, 0.1) is 0 Å². The fourth-order valence-electron chi connectivity index (χ4n) is 3.46. The van der Waals surface area contributed by atoms with E-state index in [1.807, 2.05) is 0 Å². The number of carbonyl (C=O) groups is 2. The highest BCUT2D eigenvalue weighted by molar-refractivity contribution is 6.03. The second kappa shape index (κ2) is 8.22. The van der Waals surface area contributed by atoms with Gasteiger partial charge in [-0.2, -0.15) is 0 Å². The minimum atomic E-state index is -0.298. The van der Waals surface area contributed by atoms with Gasteiger partial charge in [0, 0.05) is 19.5 Å². The summed E-state index contributed by atoms with van der Waals surface area (Å²) in [5.41, 5.74) is 1.19. The van der Waals surface area contributed by atoms with Gasteiger partial charge in [-0.25, -0.2) is 4.68 Å². The molecule has 1 aromatic heterocycles. The Kier molecular flexibility index (Phi) is 5.33. The Balaban J connectivity index is 1.45. The number of benzene rings is 2. The smallest absolute Gasteiger partial charge is 0.277 e. The molecule has 0 aliphatic carbocycles. The Morgan fingerprint density at radius 1 is 1.00 bits per heavy atom. The summed E-state index contributed by atoms with van der Waals surface area (Å²) in [5.74, 6) is -0.372. The van der Waals surface area contributed by atoms with Crippen LogP contribution >= 0.6 is 0 Å². The molecular formula is C21H21N5O3. The van der Waals surface area contributed by atoms with Crippen molar-refractivity contribution in [1.29, 1.82) is 0 Å². The molecule has 1 N–H and O–H groups in total. The molecule has 2 amide bonds. The number of aromatic nitrogens is 3. The molecule has 0 bridgehead atoms. The molecule has 29 heavy (non-hydrogen) atoms. The quantitative estimate of drug-likeness (QED) is 0.718. The molecule has 0 spiro atoms. The van der Waals surface area contributed by atoms with Gasteiger partial charge >= 0.3 is 0 Å². The molecule has 0 radical (unpaired) electrons. The summed E-state index contributed by atoms with van der Waals surface area (Å²) in [7, 11) is 0. The zero-order chi connectivity index (χ0) is 20.2. The van der Waals surface area contributed by atoms with Crippen LogP contribution in [0.2, 0.25) is 0 Å². The molecule has 2 aromatic carbocycles. The lowest BCUT2D eigenvalue weighted by molar-refractivity contribution is -0.116. The van der Waals surface area contributed by atoms with Crippen molar-refractivity contribution in [2.45, 2.75) is 25.8 Å². The fourth-order valence-corrected chi connectivity index (χ4v) is 3.46. The highest BCUT2D eigenvalue weighted by atomic mass is 16.2. The molecular weight excluding hydrogens is 370 g/mol. The minimum absolute atomic E-state index is 0.0408. The first kappa shape index (κ1) is 18.8. The predicted octanol–water partition coefficient (Wildman–Crippen LogP) is 2.06. The van der Waals surface area contributed by atoms with Gasteiger partial charge in [-0.05, 0) is 37.1 Å². The number of para-hydroxylation sites is 1. The van der Waals surface area contributed by atoms with E-state index in [0.717, 1.165) is 25.9 Å². The largest absolute Gasteiger partial charge is 0.339 e. The van der Waals surface area contributed by atoms with Gasteiger partial charge in [-0.1, -0.05) is 29.5 Å². The summed E-state index contributed by atoms with van der Waals surface area (Å²) < 4.78 is 1.18. The van der Waals surface area contributed by atoms with Crippen molar-refractivity contribution in [2.24, 2.45) is 0 Å². The number of rotatable bonds is 5. The van der Waals surface area contributed by atoms with Crippen molar-refractivity contribution >= 4 is 28.4 Å². The van der Waals surface area contributed by atoms with Gasteiger partial charge in [0.1, 0.15) is 5.52 Å². The van der Waals surface area contributed by atoms with E-state index in [1.165, 1.54) is 4.68 Å². The Hall–Kier alpha value is -3.55. The lowest BCUT2D eigenvalue weighted by Gasteiger charge is -2.18. The molecule has 0 atom stereocenters. The molecule has 2 heterocycles. The maximum Gasteiger partial charge on any atom is 0.277 e. The van der Waals surface area contributed by atoms with Crippen LogP contribution in [0.4, 0.5) is 5.69 Å². The molecule has 1 fully saturated rings. The second-order valence-corrected chi connectivity index (χ2v) is 6.98. The van der Waals surface area contributed by atoms with E-state index in [0.29, 0.717) is 22.2 Å². The number of hydrogen-bond acceptors (Lipinski definition) is 5. The Morgan fingerprint density at radius 2 is 1.72 bits per heavy atom. The van der Waals surface area contributed by atoms with E-state index < -0.39 is 0 Å². The van der Waals surface area contributed by atoms with Gasteiger partial charge in [0.15, 0.2) is 0 Å². The van der Waals surface area contributed by atoms with E-state index >= 15 is 0 Å². The minimum Gasteiger partial charge on any atom is -0.339 e. The predicted molar refractivity (Wildman–Crippen MR) is 109 cm³/mol. The molecule has 8 nitrogen and oxygen atoms in total. The lowest BCUT2D eigenvalue weighted by atomic mass is 10.1. The van der Waals surface area contributed by atoms with Crippen molar-refractivity contribution in [1.82, 2.24) is 19.9 Å². The van der Waals surface area contributed by atoms with Crippen molar-refractivity contribution in [3.05, 3.63) is 64.4 Å². The number of amides is 2.